The van der Waals surface area contributed by atoms with Crippen molar-refractivity contribution in [2.75, 3.05) is 13.1 Å². The smallest absolute Gasteiger partial charge is 0.0183 e. The summed E-state index contributed by atoms with van der Waals surface area (Å²) in [5.74, 6) is 0. The van der Waals surface area contributed by atoms with Gasteiger partial charge in [0.05, 0.1) is 0 Å². The van der Waals surface area contributed by atoms with Gasteiger partial charge in [0.2, 0.25) is 0 Å². The molecule has 0 fully saturated rings. The van der Waals surface area contributed by atoms with Gasteiger partial charge in [0, 0.05) is 8.88 Å². The van der Waals surface area contributed by atoms with Gasteiger partial charge in [0.15, 0.2) is 0 Å². The summed E-state index contributed by atoms with van der Waals surface area (Å²) in [6, 6.07) is 0. The van der Waals surface area contributed by atoms with Crippen molar-refractivity contribution in [3.05, 3.63) is 0 Å². The molecule has 44 valence electrons. The number of hydrogen-bond acceptors (Lipinski definition) is 2. The van der Waals surface area contributed by atoms with Crippen molar-refractivity contribution < 1.29 is 0 Å². The fourth-order valence-electron chi connectivity index (χ4n) is 0.239. The van der Waals surface area contributed by atoms with E-state index in [1.54, 1.807) is 0 Å². The van der Waals surface area contributed by atoms with Gasteiger partial charge in [-0.3, -0.25) is 10.2 Å². The fraction of sp³-hybridized carbons (Fsp3) is 1.00. The second-order valence-electron chi connectivity index (χ2n) is 1.19. The third-order valence-electron chi connectivity index (χ3n) is 0.530. The molecule has 0 amide bonds. The Morgan fingerprint density at radius 1 is 1.14 bits per heavy atom. The quantitative estimate of drug-likeness (QED) is 0.422. The van der Waals surface area contributed by atoms with Crippen LogP contribution < -0.4 is 10.2 Å². The third-order valence-corrected chi connectivity index (χ3v) is 1.59. The maximum absolute atomic E-state index is 3.17. The molecule has 0 aromatic carbocycles. The van der Waals surface area contributed by atoms with Gasteiger partial charge in [-0.1, -0.05) is 13.8 Å². The van der Waals surface area contributed by atoms with Crippen molar-refractivity contribution in [1.82, 2.24) is 10.2 Å². The summed E-state index contributed by atoms with van der Waals surface area (Å²) in [7, 11) is 0.732. The second-order valence-corrected chi connectivity index (χ2v) is 2.14. The first-order valence-electron chi connectivity index (χ1n) is 2.62. The molecule has 0 atom stereocenters. The lowest BCUT2D eigenvalue weighted by molar-refractivity contribution is 0.963. The molecule has 0 aliphatic carbocycles. The van der Waals surface area contributed by atoms with Crippen LogP contribution in [0.3, 0.4) is 0 Å². The maximum Gasteiger partial charge on any atom is 0.0183 e. The van der Waals surface area contributed by atoms with Crippen molar-refractivity contribution in [2.45, 2.75) is 13.8 Å². The molecule has 0 spiro atoms. The summed E-state index contributed by atoms with van der Waals surface area (Å²) >= 11 is 0. The average molecular weight is 120 g/mol. The second kappa shape index (κ2) is 6.35. The molecule has 0 aromatic rings. The molecule has 0 aliphatic rings. The Labute approximate surface area is 47.0 Å². The van der Waals surface area contributed by atoms with Crippen LogP contribution in [-0.2, 0) is 0 Å². The van der Waals surface area contributed by atoms with E-state index >= 15 is 0 Å². The Morgan fingerprint density at radius 2 is 1.57 bits per heavy atom. The largest absolute Gasteiger partial charge is 0.287 e. The van der Waals surface area contributed by atoms with E-state index in [-0.39, 0.29) is 0 Å². The normalized spacial score (nSPS) is 9.43. The summed E-state index contributed by atoms with van der Waals surface area (Å²) in [4.78, 5) is 0. The van der Waals surface area contributed by atoms with Gasteiger partial charge in [-0.15, -0.1) is 0 Å². The summed E-state index contributed by atoms with van der Waals surface area (Å²) in [5.41, 5.74) is 0. The highest BCUT2D eigenvalue weighted by atomic mass is 31.1. The summed E-state index contributed by atoms with van der Waals surface area (Å²) in [6.07, 6.45) is 0. The minimum Gasteiger partial charge on any atom is -0.287 e. The molecule has 0 bridgehead atoms. The van der Waals surface area contributed by atoms with E-state index in [4.69, 9.17) is 0 Å². The van der Waals surface area contributed by atoms with Gasteiger partial charge in [-0.05, 0) is 13.1 Å². The monoisotopic (exact) mass is 120 g/mol. The lowest BCUT2D eigenvalue weighted by atomic mass is 10.8. The minimum atomic E-state index is 0.732. The topological polar surface area (TPSA) is 24.1 Å². The molecule has 3 heteroatoms. The molecule has 0 aliphatic heterocycles. The first-order valence-corrected chi connectivity index (χ1v) is 3.62. The van der Waals surface area contributed by atoms with E-state index in [0.29, 0.717) is 0 Å². The van der Waals surface area contributed by atoms with Crippen molar-refractivity contribution >= 4 is 8.88 Å². The van der Waals surface area contributed by atoms with Gasteiger partial charge >= 0.3 is 0 Å². The van der Waals surface area contributed by atoms with E-state index in [1.165, 1.54) is 0 Å². The predicted octanol–water partition coefficient (Wildman–Crippen LogP) is 0.714. The average Bonchev–Trinajstić information content (AvgIpc) is 1.69. The van der Waals surface area contributed by atoms with Crippen LogP contribution in [0.4, 0.5) is 0 Å². The van der Waals surface area contributed by atoms with E-state index in [2.05, 4.69) is 24.0 Å². The SMILES string of the molecule is CCNPNCC. The Morgan fingerprint density at radius 3 is 1.86 bits per heavy atom. The first kappa shape index (κ1) is 7.35. The van der Waals surface area contributed by atoms with Gasteiger partial charge in [-0.2, -0.15) is 0 Å². The zero-order valence-corrected chi connectivity index (χ0v) is 5.91. The summed E-state index contributed by atoms with van der Waals surface area (Å²) < 4.78 is 0. The molecule has 0 saturated heterocycles. The number of rotatable bonds is 4. The molecule has 0 saturated carbocycles. The van der Waals surface area contributed by atoms with Crippen LogP contribution in [0.1, 0.15) is 13.8 Å². The minimum absolute atomic E-state index is 0.732. The molecule has 0 aromatic heterocycles. The van der Waals surface area contributed by atoms with Crippen molar-refractivity contribution in [1.29, 1.82) is 0 Å². The van der Waals surface area contributed by atoms with Crippen LogP contribution in [0.25, 0.3) is 0 Å². The lowest BCUT2D eigenvalue weighted by Crippen LogP contribution is -2.08. The fourth-order valence-corrected chi connectivity index (χ4v) is 0.718. The van der Waals surface area contributed by atoms with E-state index in [1.807, 2.05) is 0 Å². The molecule has 0 rings (SSSR count). The molecule has 2 nitrogen and oxygen atoms in total. The van der Waals surface area contributed by atoms with Crippen LogP contribution in [-0.4, -0.2) is 13.1 Å². The van der Waals surface area contributed by atoms with Crippen LogP contribution in [0, 0.1) is 0 Å². The van der Waals surface area contributed by atoms with Crippen LogP contribution in [0.5, 0.6) is 0 Å². The Kier molecular flexibility index (Phi) is 6.67. The van der Waals surface area contributed by atoms with Gasteiger partial charge in [0.25, 0.3) is 0 Å². The van der Waals surface area contributed by atoms with Crippen LogP contribution in [0.2, 0.25) is 0 Å². The molecule has 2 N–H and O–H groups in total. The zero-order valence-electron chi connectivity index (χ0n) is 4.91. The third kappa shape index (κ3) is 6.35. The number of nitrogens with one attached hydrogen (secondary N) is 2. The molecule has 0 heterocycles. The Balaban J connectivity index is 2.45. The van der Waals surface area contributed by atoms with E-state index in [0.717, 1.165) is 22.0 Å². The highest BCUT2D eigenvalue weighted by Crippen LogP contribution is 1.89. The molecule has 7 heavy (non-hydrogen) atoms. The lowest BCUT2D eigenvalue weighted by Gasteiger charge is -1.98. The van der Waals surface area contributed by atoms with Gasteiger partial charge in [0.1, 0.15) is 0 Å². The maximum atomic E-state index is 3.17. The number of hydrogen-bond donors (Lipinski definition) is 2. The van der Waals surface area contributed by atoms with Gasteiger partial charge < -0.3 is 0 Å². The predicted molar refractivity (Wildman–Crippen MR) is 35.7 cm³/mol. The van der Waals surface area contributed by atoms with E-state index in [9.17, 15) is 0 Å². The van der Waals surface area contributed by atoms with Crippen LogP contribution >= 0.6 is 8.88 Å². The molecule has 0 unspecified atom stereocenters. The van der Waals surface area contributed by atoms with Crippen molar-refractivity contribution in [3.8, 4) is 0 Å². The first-order chi connectivity index (χ1) is 3.41. The molecule has 0 radical (unpaired) electrons. The van der Waals surface area contributed by atoms with Crippen LogP contribution in [0.15, 0.2) is 0 Å². The standard InChI is InChI=1S/C4H13N2P/c1-3-5-7-6-4-2/h5-7H,3-4H2,1-2H3. The zero-order chi connectivity index (χ0) is 5.54. The Hall–Kier alpha value is 0.350. The highest BCUT2D eigenvalue weighted by molar-refractivity contribution is 7.33. The van der Waals surface area contributed by atoms with Crippen molar-refractivity contribution in [2.24, 2.45) is 0 Å². The molecular formula is C4H13N2P. The summed E-state index contributed by atoms with van der Waals surface area (Å²) in [6.45, 7) is 6.32. The van der Waals surface area contributed by atoms with Crippen molar-refractivity contribution in [3.63, 3.8) is 0 Å². The summed E-state index contributed by atoms with van der Waals surface area (Å²) in [5, 5.41) is 6.33. The Bertz CT molecular complexity index is 28.9. The van der Waals surface area contributed by atoms with E-state index < -0.39 is 0 Å². The molecular weight excluding hydrogens is 107 g/mol. The highest BCUT2D eigenvalue weighted by Gasteiger charge is 1.74. The van der Waals surface area contributed by atoms with Gasteiger partial charge in [-0.25, -0.2) is 0 Å².